The van der Waals surface area contributed by atoms with Crippen LogP contribution in [0.15, 0.2) is 42.7 Å². The monoisotopic (exact) mass is 492 g/mol. The number of carbonyl (C=O) groups excluding carboxylic acids is 1. The summed E-state index contributed by atoms with van der Waals surface area (Å²) in [6, 6.07) is 11.1. The summed E-state index contributed by atoms with van der Waals surface area (Å²) >= 11 is 1.59. The molecule has 1 saturated heterocycles. The van der Waals surface area contributed by atoms with E-state index in [1.807, 2.05) is 24.4 Å². The molecule has 3 aromatic rings. The summed E-state index contributed by atoms with van der Waals surface area (Å²) in [4.78, 5) is 27.8. The van der Waals surface area contributed by atoms with Gasteiger partial charge in [-0.3, -0.25) is 4.79 Å². The molecule has 168 valence electrons. The Morgan fingerprint density at radius 2 is 2.00 bits per heavy atom. The molecule has 11 heteroatoms. The maximum atomic E-state index is 11.1. The predicted octanol–water partition coefficient (Wildman–Crippen LogP) is 4.59. The number of hydrogen-bond acceptors (Lipinski definition) is 9. The Morgan fingerprint density at radius 1 is 1.22 bits per heavy atom. The fourth-order valence-corrected chi connectivity index (χ4v) is 4.21. The van der Waals surface area contributed by atoms with Crippen molar-refractivity contribution in [1.29, 1.82) is 5.26 Å². The molecule has 0 spiro atoms. The van der Waals surface area contributed by atoms with Gasteiger partial charge in [-0.25, -0.2) is 15.0 Å². The van der Waals surface area contributed by atoms with Crippen molar-refractivity contribution < 1.29 is 9.53 Å². The molecule has 0 saturated carbocycles. The number of anilines is 3. The van der Waals surface area contributed by atoms with Crippen molar-refractivity contribution in [2.45, 2.75) is 25.9 Å². The number of aromatic nitrogens is 3. The smallest absolute Gasteiger partial charge is 0.302 e. The summed E-state index contributed by atoms with van der Waals surface area (Å²) in [6.45, 7) is 3.06. The molecule has 1 fully saturated rings. The molecule has 32 heavy (non-hydrogen) atoms. The maximum Gasteiger partial charge on any atom is 0.302 e. The number of nitrogens with one attached hydrogen (secondary N) is 1. The van der Waals surface area contributed by atoms with Crippen LogP contribution in [0.3, 0.4) is 0 Å². The zero-order chi connectivity index (χ0) is 20.9. The molecule has 0 aromatic carbocycles. The van der Waals surface area contributed by atoms with E-state index in [4.69, 9.17) is 10.00 Å². The number of hydrogen-bond donors (Lipinski definition) is 1. The van der Waals surface area contributed by atoms with Crippen molar-refractivity contribution in [3.05, 3.63) is 48.3 Å². The molecule has 3 aromatic heterocycles. The summed E-state index contributed by atoms with van der Waals surface area (Å²) in [5.74, 6) is 0.991. The van der Waals surface area contributed by atoms with Gasteiger partial charge in [0, 0.05) is 45.2 Å². The summed E-state index contributed by atoms with van der Waals surface area (Å²) < 4.78 is 5.30. The van der Waals surface area contributed by atoms with Crippen molar-refractivity contribution >= 4 is 58.9 Å². The maximum absolute atomic E-state index is 11.1. The first kappa shape index (κ1) is 25.3. The zero-order valence-electron chi connectivity index (χ0n) is 17.2. The summed E-state index contributed by atoms with van der Waals surface area (Å²) in [5, 5.41) is 13.1. The molecule has 0 unspecified atom stereocenters. The van der Waals surface area contributed by atoms with Gasteiger partial charge in [0.25, 0.3) is 0 Å². The first-order valence-corrected chi connectivity index (χ1v) is 10.4. The van der Waals surface area contributed by atoms with Crippen molar-refractivity contribution in [2.75, 3.05) is 23.3 Å². The molecule has 1 aliphatic rings. The van der Waals surface area contributed by atoms with Crippen LogP contribution in [-0.4, -0.2) is 40.1 Å². The van der Waals surface area contributed by atoms with E-state index in [9.17, 15) is 4.79 Å². The van der Waals surface area contributed by atoms with Crippen LogP contribution in [-0.2, 0) is 9.53 Å². The molecule has 4 rings (SSSR count). The highest BCUT2D eigenvalue weighted by molar-refractivity contribution is 7.18. The molecule has 4 heterocycles. The van der Waals surface area contributed by atoms with E-state index >= 15 is 0 Å². The van der Waals surface area contributed by atoms with E-state index in [0.29, 0.717) is 17.2 Å². The summed E-state index contributed by atoms with van der Waals surface area (Å²) in [6.07, 6.45) is 5.03. The standard InChI is InChI=1S/C21H20N6O2S.2ClH/c1-14(28)29-16-6-9-27(10-7-16)21-24-13-18(30-21)17-3-2-4-19(25-17)26-20-11-15(12-22)5-8-23-20;;/h2-5,8,11,13,16H,6-7,9-10H2,1H3,(H,23,25,26);2*1H. The van der Waals surface area contributed by atoms with E-state index in [1.54, 1.807) is 29.7 Å². The van der Waals surface area contributed by atoms with Crippen LogP contribution in [0.1, 0.15) is 25.3 Å². The number of ether oxygens (including phenoxy) is 1. The second kappa shape index (κ2) is 11.6. The first-order chi connectivity index (χ1) is 14.6. The topological polar surface area (TPSA) is 104 Å². The average molecular weight is 493 g/mol. The molecule has 0 aliphatic carbocycles. The summed E-state index contributed by atoms with van der Waals surface area (Å²) in [5.41, 5.74) is 1.35. The largest absolute Gasteiger partial charge is 0.462 e. The minimum absolute atomic E-state index is 0. The number of rotatable bonds is 5. The number of pyridine rings is 2. The third-order valence-electron chi connectivity index (χ3n) is 4.69. The number of carbonyl (C=O) groups is 1. The van der Waals surface area contributed by atoms with Crippen molar-refractivity contribution in [1.82, 2.24) is 15.0 Å². The highest BCUT2D eigenvalue weighted by Crippen LogP contribution is 2.32. The lowest BCUT2D eigenvalue weighted by Crippen LogP contribution is -2.37. The van der Waals surface area contributed by atoms with Crippen LogP contribution in [0.25, 0.3) is 10.6 Å². The molecular weight excluding hydrogens is 471 g/mol. The Morgan fingerprint density at radius 3 is 2.72 bits per heavy atom. The Balaban J connectivity index is 0.00000181. The van der Waals surface area contributed by atoms with Crippen molar-refractivity contribution in [2.24, 2.45) is 0 Å². The van der Waals surface area contributed by atoms with Crippen LogP contribution < -0.4 is 10.2 Å². The van der Waals surface area contributed by atoms with Crippen molar-refractivity contribution in [3.63, 3.8) is 0 Å². The molecule has 0 amide bonds. The second-order valence-corrected chi connectivity index (χ2v) is 7.89. The van der Waals surface area contributed by atoms with Gasteiger partial charge in [-0.1, -0.05) is 17.4 Å². The van der Waals surface area contributed by atoms with E-state index < -0.39 is 0 Å². The van der Waals surface area contributed by atoms with Gasteiger partial charge >= 0.3 is 5.97 Å². The lowest BCUT2D eigenvalue weighted by Gasteiger charge is -2.31. The van der Waals surface area contributed by atoms with E-state index in [-0.39, 0.29) is 36.9 Å². The van der Waals surface area contributed by atoms with Crippen LogP contribution in [0, 0.1) is 11.3 Å². The average Bonchev–Trinajstić information content (AvgIpc) is 3.24. The Labute approximate surface area is 202 Å². The highest BCUT2D eigenvalue weighted by Gasteiger charge is 2.23. The third-order valence-corrected chi connectivity index (χ3v) is 5.77. The quantitative estimate of drug-likeness (QED) is 0.515. The predicted molar refractivity (Wildman–Crippen MR) is 129 cm³/mol. The molecule has 0 atom stereocenters. The van der Waals surface area contributed by atoms with Gasteiger partial charge in [0.2, 0.25) is 0 Å². The van der Waals surface area contributed by atoms with E-state index in [0.717, 1.165) is 41.6 Å². The molecule has 1 aliphatic heterocycles. The van der Waals surface area contributed by atoms with Gasteiger partial charge in [0.15, 0.2) is 5.13 Å². The molecule has 0 radical (unpaired) electrons. The summed E-state index contributed by atoms with van der Waals surface area (Å²) in [7, 11) is 0. The zero-order valence-corrected chi connectivity index (χ0v) is 19.7. The number of piperidine rings is 1. The van der Waals surface area contributed by atoms with E-state index in [1.165, 1.54) is 6.92 Å². The number of halogens is 2. The minimum atomic E-state index is -0.223. The van der Waals surface area contributed by atoms with Crippen LogP contribution in [0.2, 0.25) is 0 Å². The number of nitriles is 1. The second-order valence-electron chi connectivity index (χ2n) is 6.88. The minimum Gasteiger partial charge on any atom is -0.462 e. The lowest BCUT2D eigenvalue weighted by molar-refractivity contribution is -0.147. The molecular formula is C21H22Cl2N6O2S. The molecule has 1 N–H and O–H groups in total. The number of nitrogens with zero attached hydrogens (tertiary/aromatic N) is 5. The van der Waals surface area contributed by atoms with Gasteiger partial charge in [-0.15, -0.1) is 24.8 Å². The Kier molecular flexibility index (Phi) is 9.20. The molecule has 0 bridgehead atoms. The van der Waals surface area contributed by atoms with Gasteiger partial charge in [-0.2, -0.15) is 5.26 Å². The lowest BCUT2D eigenvalue weighted by atomic mass is 10.1. The number of thiazole rings is 1. The van der Waals surface area contributed by atoms with Crippen LogP contribution >= 0.6 is 36.2 Å². The van der Waals surface area contributed by atoms with E-state index in [2.05, 4.69) is 31.2 Å². The molecule has 8 nitrogen and oxygen atoms in total. The normalized spacial score (nSPS) is 13.3. The first-order valence-electron chi connectivity index (χ1n) is 9.59. The van der Waals surface area contributed by atoms with Crippen LogP contribution in [0.4, 0.5) is 16.8 Å². The Bertz CT molecular complexity index is 1100. The highest BCUT2D eigenvalue weighted by atomic mass is 35.5. The van der Waals surface area contributed by atoms with Gasteiger partial charge in [0.05, 0.1) is 22.2 Å². The van der Waals surface area contributed by atoms with Crippen molar-refractivity contribution in [3.8, 4) is 16.6 Å². The SMILES string of the molecule is CC(=O)OC1CCN(c2ncc(-c3cccc(Nc4cc(C#N)ccn4)n3)s2)CC1.Cl.Cl. The van der Waals surface area contributed by atoms with Crippen LogP contribution in [0.5, 0.6) is 0 Å². The third kappa shape index (κ3) is 6.29. The van der Waals surface area contributed by atoms with Gasteiger partial charge in [-0.05, 0) is 24.3 Å². The number of esters is 1. The fourth-order valence-electron chi connectivity index (χ4n) is 3.27. The fraction of sp³-hybridized carbons (Fsp3) is 0.286. The Hall–Kier alpha value is -2.93. The van der Waals surface area contributed by atoms with Gasteiger partial charge < -0.3 is 15.0 Å². The van der Waals surface area contributed by atoms with Gasteiger partial charge in [0.1, 0.15) is 17.7 Å².